The molecule has 2 aromatic carbocycles. The number of aromatic nitrogens is 3. The van der Waals surface area contributed by atoms with Gasteiger partial charge in [0.15, 0.2) is 5.67 Å². The maximum Gasteiger partial charge on any atom is 0.387 e. The quantitative estimate of drug-likeness (QED) is 0.527. The lowest BCUT2D eigenvalue weighted by Gasteiger charge is -2.32. The van der Waals surface area contributed by atoms with Crippen molar-refractivity contribution in [2.45, 2.75) is 31.7 Å². The Balaban J connectivity index is 2.02. The predicted octanol–water partition coefficient (Wildman–Crippen LogP) is 5.02. The van der Waals surface area contributed by atoms with Gasteiger partial charge in [0.2, 0.25) is 0 Å². The van der Waals surface area contributed by atoms with Crippen LogP contribution in [-0.2, 0) is 5.67 Å². The molecule has 0 saturated carbocycles. The highest BCUT2D eigenvalue weighted by molar-refractivity contribution is 5.43. The van der Waals surface area contributed by atoms with Crippen molar-refractivity contribution in [1.29, 1.82) is 0 Å². The fourth-order valence-corrected chi connectivity index (χ4v) is 3.05. The van der Waals surface area contributed by atoms with Gasteiger partial charge in [-0.25, -0.2) is 4.39 Å². The Morgan fingerprint density at radius 2 is 1.28 bits per heavy atom. The van der Waals surface area contributed by atoms with Crippen molar-refractivity contribution >= 4 is 0 Å². The van der Waals surface area contributed by atoms with Crippen LogP contribution in [-0.4, -0.2) is 28.6 Å². The molecule has 1 unspecified atom stereocenters. The molecule has 5 nitrogen and oxygen atoms in total. The van der Waals surface area contributed by atoms with Gasteiger partial charge in [-0.15, -0.1) is 5.10 Å². The van der Waals surface area contributed by atoms with E-state index in [4.69, 9.17) is 0 Å². The summed E-state index contributed by atoms with van der Waals surface area (Å²) in [6, 6.07) is 10.2. The molecule has 0 saturated heterocycles. The highest BCUT2D eigenvalue weighted by Crippen LogP contribution is 2.46. The number of aromatic amines is 1. The van der Waals surface area contributed by atoms with Crippen molar-refractivity contribution in [3.8, 4) is 11.5 Å². The topological polar surface area (TPSA) is 60.0 Å². The second-order valence-corrected chi connectivity index (χ2v) is 6.14. The Morgan fingerprint density at radius 3 is 1.62 bits per heavy atom. The molecular weight excluding hydrogens is 397 g/mol. The molecule has 3 aromatic rings. The Bertz CT molecular complexity index is 849. The standard InChI is InChI=1S/C19H16F5N3O2/c1-11(16-10-25-27-26-16)19(24,12-2-6-14(7-3-12)28-17(20)21)13-4-8-15(9-5-13)29-18(22)23/h2-11,17-18H,1H3,(H,25,26,27). The maximum atomic E-state index is 16.5. The number of alkyl halides is 5. The average Bonchev–Trinajstić information content (AvgIpc) is 3.22. The number of ether oxygens (including phenoxy) is 2. The largest absolute Gasteiger partial charge is 0.435 e. The van der Waals surface area contributed by atoms with Gasteiger partial charge in [0.05, 0.1) is 5.69 Å². The van der Waals surface area contributed by atoms with E-state index >= 15 is 4.39 Å². The fourth-order valence-electron chi connectivity index (χ4n) is 3.05. The Kier molecular flexibility index (Phi) is 6.00. The molecule has 10 heteroatoms. The van der Waals surface area contributed by atoms with Crippen LogP contribution >= 0.6 is 0 Å². The molecule has 0 fully saturated rings. The van der Waals surface area contributed by atoms with Crippen LogP contribution < -0.4 is 9.47 Å². The molecule has 0 bridgehead atoms. The van der Waals surface area contributed by atoms with Crippen LogP contribution in [0.2, 0.25) is 0 Å². The van der Waals surface area contributed by atoms with Gasteiger partial charge in [0.25, 0.3) is 0 Å². The molecule has 0 amide bonds. The first-order valence-corrected chi connectivity index (χ1v) is 8.46. The van der Waals surface area contributed by atoms with Crippen LogP contribution in [0.4, 0.5) is 22.0 Å². The lowest BCUT2D eigenvalue weighted by atomic mass is 9.77. The lowest BCUT2D eigenvalue weighted by molar-refractivity contribution is -0.0505. The summed E-state index contributed by atoms with van der Waals surface area (Å²) in [6.07, 6.45) is 1.43. The van der Waals surface area contributed by atoms with Gasteiger partial charge in [-0.05, 0) is 35.4 Å². The lowest BCUT2D eigenvalue weighted by Crippen LogP contribution is -2.29. The van der Waals surface area contributed by atoms with Crippen LogP contribution in [0.15, 0.2) is 54.7 Å². The highest BCUT2D eigenvalue weighted by atomic mass is 19.3. The minimum absolute atomic E-state index is 0.124. The van der Waals surface area contributed by atoms with Crippen molar-refractivity contribution in [1.82, 2.24) is 15.4 Å². The fraction of sp³-hybridized carbons (Fsp3) is 0.263. The van der Waals surface area contributed by atoms with E-state index in [0.29, 0.717) is 5.69 Å². The summed E-state index contributed by atoms with van der Waals surface area (Å²) in [6.45, 7) is -4.44. The van der Waals surface area contributed by atoms with Crippen molar-refractivity contribution in [2.75, 3.05) is 0 Å². The third-order valence-corrected chi connectivity index (χ3v) is 4.48. The minimum Gasteiger partial charge on any atom is -0.435 e. The van der Waals surface area contributed by atoms with E-state index in [1.165, 1.54) is 54.7 Å². The van der Waals surface area contributed by atoms with E-state index in [2.05, 4.69) is 24.9 Å². The van der Waals surface area contributed by atoms with E-state index in [9.17, 15) is 17.6 Å². The molecule has 29 heavy (non-hydrogen) atoms. The molecule has 3 rings (SSSR count). The predicted molar refractivity (Wildman–Crippen MR) is 92.8 cm³/mol. The summed E-state index contributed by atoms with van der Waals surface area (Å²) in [7, 11) is 0. The molecule has 1 aromatic heterocycles. The van der Waals surface area contributed by atoms with Crippen molar-refractivity contribution in [3.63, 3.8) is 0 Å². The van der Waals surface area contributed by atoms with Crippen LogP contribution in [0.3, 0.4) is 0 Å². The summed E-state index contributed by atoms with van der Waals surface area (Å²) < 4.78 is 74.7. The SMILES string of the molecule is CC(c1c[nH]nn1)C(F)(c1ccc(OC(F)F)cc1)c1ccc(OC(F)F)cc1. The van der Waals surface area contributed by atoms with Gasteiger partial charge in [0.1, 0.15) is 11.5 Å². The molecule has 1 atom stereocenters. The number of rotatable bonds is 8. The zero-order valence-corrected chi connectivity index (χ0v) is 15.0. The second-order valence-electron chi connectivity index (χ2n) is 6.14. The van der Waals surface area contributed by atoms with Gasteiger partial charge < -0.3 is 9.47 Å². The van der Waals surface area contributed by atoms with Crippen molar-refractivity contribution < 1.29 is 31.4 Å². The molecule has 0 aliphatic rings. The smallest absolute Gasteiger partial charge is 0.387 e. The van der Waals surface area contributed by atoms with Crippen LogP contribution in [0.1, 0.15) is 29.7 Å². The molecule has 0 aliphatic heterocycles. The summed E-state index contributed by atoms with van der Waals surface area (Å²) in [5.41, 5.74) is -1.59. The average molecular weight is 413 g/mol. The first kappa shape index (κ1) is 20.6. The van der Waals surface area contributed by atoms with Gasteiger partial charge in [-0.2, -0.15) is 17.6 Å². The summed E-state index contributed by atoms with van der Waals surface area (Å²) in [5.74, 6) is -1.10. The molecule has 1 heterocycles. The zero-order valence-electron chi connectivity index (χ0n) is 15.0. The Hall–Kier alpha value is -3.17. The highest BCUT2D eigenvalue weighted by Gasteiger charge is 2.42. The van der Waals surface area contributed by atoms with Crippen LogP contribution in [0, 0.1) is 0 Å². The summed E-state index contributed by atoms with van der Waals surface area (Å²) in [5, 5.41) is 9.96. The van der Waals surface area contributed by atoms with E-state index in [1.807, 2.05) is 0 Å². The summed E-state index contributed by atoms with van der Waals surface area (Å²) in [4.78, 5) is 0. The molecule has 1 N–H and O–H groups in total. The van der Waals surface area contributed by atoms with Crippen molar-refractivity contribution in [2.24, 2.45) is 0 Å². The minimum atomic E-state index is -3.01. The number of nitrogens with zero attached hydrogens (tertiary/aromatic N) is 2. The van der Waals surface area contributed by atoms with Gasteiger partial charge in [-0.3, -0.25) is 5.10 Å². The second kappa shape index (κ2) is 8.46. The maximum absolute atomic E-state index is 16.5. The van der Waals surface area contributed by atoms with E-state index < -0.39 is 24.8 Å². The number of H-pyrrole nitrogens is 1. The number of benzene rings is 2. The molecule has 0 aliphatic carbocycles. The van der Waals surface area contributed by atoms with Gasteiger partial charge in [-0.1, -0.05) is 36.4 Å². The number of nitrogens with one attached hydrogen (secondary N) is 1. The molecule has 0 radical (unpaired) electrons. The molecule has 154 valence electrons. The number of halogens is 5. The third kappa shape index (κ3) is 4.47. The van der Waals surface area contributed by atoms with Crippen molar-refractivity contribution in [3.05, 3.63) is 71.5 Å². The van der Waals surface area contributed by atoms with Crippen LogP contribution in [0.25, 0.3) is 0 Å². The molecule has 0 spiro atoms. The zero-order chi connectivity index (χ0) is 21.0. The third-order valence-electron chi connectivity index (χ3n) is 4.48. The number of hydrogen-bond donors (Lipinski definition) is 1. The monoisotopic (exact) mass is 413 g/mol. The van der Waals surface area contributed by atoms with E-state index in [0.717, 1.165) is 0 Å². The Labute approximate surface area is 162 Å². The van der Waals surface area contributed by atoms with E-state index in [1.54, 1.807) is 6.92 Å². The summed E-state index contributed by atoms with van der Waals surface area (Å²) >= 11 is 0. The van der Waals surface area contributed by atoms with E-state index in [-0.39, 0.29) is 22.6 Å². The first-order valence-electron chi connectivity index (χ1n) is 8.46. The Morgan fingerprint density at radius 1 is 0.828 bits per heavy atom. The van der Waals surface area contributed by atoms with Gasteiger partial charge >= 0.3 is 13.2 Å². The van der Waals surface area contributed by atoms with Crippen LogP contribution in [0.5, 0.6) is 11.5 Å². The first-order chi connectivity index (χ1) is 13.8. The normalized spacial score (nSPS) is 13.0. The number of hydrogen-bond acceptors (Lipinski definition) is 4. The van der Waals surface area contributed by atoms with Gasteiger partial charge in [0, 0.05) is 12.1 Å². The molecular formula is C19H16F5N3O2.